The van der Waals surface area contributed by atoms with Gasteiger partial charge in [0.25, 0.3) is 5.56 Å². The summed E-state index contributed by atoms with van der Waals surface area (Å²) >= 11 is 0. The molecule has 0 aliphatic carbocycles. The fraction of sp³-hybridized carbons (Fsp3) is 0.0833. The summed E-state index contributed by atoms with van der Waals surface area (Å²) in [6, 6.07) is 25.7. The molecule has 0 amide bonds. The Kier molecular flexibility index (Phi) is 4.67. The number of aryl methyl sites for hydroxylation is 1. The van der Waals surface area contributed by atoms with E-state index in [-0.39, 0.29) is 5.56 Å². The van der Waals surface area contributed by atoms with Crippen LogP contribution >= 0.6 is 0 Å². The van der Waals surface area contributed by atoms with E-state index in [9.17, 15) is 4.79 Å². The molecule has 0 fully saturated rings. The lowest BCUT2D eigenvalue weighted by molar-refractivity contribution is 0.738. The van der Waals surface area contributed by atoms with Gasteiger partial charge in [0.1, 0.15) is 5.82 Å². The minimum atomic E-state index is -0.0201. The number of rotatable bonds is 4. The first-order chi connectivity index (χ1) is 13.2. The Morgan fingerprint density at radius 1 is 0.889 bits per heavy atom. The first kappa shape index (κ1) is 17.0. The first-order valence-corrected chi connectivity index (χ1v) is 8.99. The third-order valence-corrected chi connectivity index (χ3v) is 4.54. The van der Waals surface area contributed by atoms with Crippen LogP contribution in [0.2, 0.25) is 0 Å². The van der Waals surface area contributed by atoms with Crippen molar-refractivity contribution in [3.63, 3.8) is 0 Å². The average molecular weight is 352 g/mol. The monoisotopic (exact) mass is 352 g/mol. The largest absolute Gasteiger partial charge is 0.288 e. The number of fused-ring (bicyclic) bond motifs is 1. The lowest BCUT2D eigenvalue weighted by Crippen LogP contribution is -2.24. The van der Waals surface area contributed by atoms with Crippen molar-refractivity contribution >= 4 is 23.1 Å². The van der Waals surface area contributed by atoms with E-state index in [0.29, 0.717) is 17.8 Å². The van der Waals surface area contributed by atoms with Crippen LogP contribution < -0.4 is 5.56 Å². The number of benzene rings is 3. The summed E-state index contributed by atoms with van der Waals surface area (Å²) in [7, 11) is 0. The lowest BCUT2D eigenvalue weighted by Gasteiger charge is -2.11. The molecule has 1 heterocycles. The van der Waals surface area contributed by atoms with E-state index >= 15 is 0 Å². The van der Waals surface area contributed by atoms with Gasteiger partial charge in [-0.05, 0) is 36.3 Å². The zero-order valence-corrected chi connectivity index (χ0v) is 15.2. The van der Waals surface area contributed by atoms with Crippen molar-refractivity contribution in [1.29, 1.82) is 0 Å². The maximum absolute atomic E-state index is 13.1. The van der Waals surface area contributed by atoms with E-state index in [4.69, 9.17) is 4.98 Å². The molecule has 0 aliphatic heterocycles. The highest BCUT2D eigenvalue weighted by Gasteiger charge is 2.09. The van der Waals surface area contributed by atoms with Crippen molar-refractivity contribution < 1.29 is 0 Å². The highest BCUT2D eigenvalue weighted by atomic mass is 16.1. The third-order valence-electron chi connectivity index (χ3n) is 4.54. The van der Waals surface area contributed by atoms with Crippen LogP contribution in [0.1, 0.15) is 22.5 Å². The van der Waals surface area contributed by atoms with Gasteiger partial charge in [-0.2, -0.15) is 0 Å². The first-order valence-electron chi connectivity index (χ1n) is 8.99. The van der Waals surface area contributed by atoms with Gasteiger partial charge >= 0.3 is 0 Å². The molecule has 0 unspecified atom stereocenters. The minimum absolute atomic E-state index is 0.0201. The maximum atomic E-state index is 13.1. The Morgan fingerprint density at radius 2 is 1.67 bits per heavy atom. The summed E-state index contributed by atoms with van der Waals surface area (Å²) in [4.78, 5) is 17.9. The molecule has 0 N–H and O–H groups in total. The predicted octanol–water partition coefficient (Wildman–Crippen LogP) is 4.92. The van der Waals surface area contributed by atoms with Crippen molar-refractivity contribution in [3.05, 3.63) is 112 Å². The van der Waals surface area contributed by atoms with Gasteiger partial charge in [0.05, 0.1) is 17.4 Å². The molecule has 4 rings (SSSR count). The van der Waals surface area contributed by atoms with Crippen LogP contribution in [0.4, 0.5) is 0 Å². The van der Waals surface area contributed by atoms with Crippen molar-refractivity contribution in [2.45, 2.75) is 13.5 Å². The van der Waals surface area contributed by atoms with E-state index in [1.54, 1.807) is 4.57 Å². The molecule has 0 aliphatic rings. The van der Waals surface area contributed by atoms with Gasteiger partial charge in [-0.25, -0.2) is 4.98 Å². The van der Waals surface area contributed by atoms with Gasteiger partial charge in [0, 0.05) is 0 Å². The van der Waals surface area contributed by atoms with Gasteiger partial charge in [0.2, 0.25) is 0 Å². The molecule has 0 spiro atoms. The van der Waals surface area contributed by atoms with Crippen LogP contribution in [-0.2, 0) is 6.54 Å². The molecule has 3 heteroatoms. The Hall–Kier alpha value is -3.46. The van der Waals surface area contributed by atoms with Crippen LogP contribution in [-0.4, -0.2) is 9.55 Å². The minimum Gasteiger partial charge on any atom is -0.288 e. The summed E-state index contributed by atoms with van der Waals surface area (Å²) in [6.07, 6.45) is 3.93. The van der Waals surface area contributed by atoms with Crippen LogP contribution in [0.3, 0.4) is 0 Å². The molecular weight excluding hydrogens is 332 g/mol. The number of nitrogens with zero attached hydrogens (tertiary/aromatic N) is 2. The second-order valence-corrected chi connectivity index (χ2v) is 6.61. The summed E-state index contributed by atoms with van der Waals surface area (Å²) in [5.74, 6) is 0.657. The smallest absolute Gasteiger partial charge is 0.261 e. The fourth-order valence-corrected chi connectivity index (χ4v) is 3.18. The van der Waals surface area contributed by atoms with Gasteiger partial charge in [0.15, 0.2) is 0 Å². The molecule has 3 nitrogen and oxygen atoms in total. The second kappa shape index (κ2) is 7.42. The van der Waals surface area contributed by atoms with Crippen molar-refractivity contribution in [3.8, 4) is 0 Å². The summed E-state index contributed by atoms with van der Waals surface area (Å²) < 4.78 is 1.74. The van der Waals surface area contributed by atoms with E-state index in [2.05, 4.69) is 19.1 Å². The molecule has 3 aromatic carbocycles. The maximum Gasteiger partial charge on any atom is 0.261 e. The summed E-state index contributed by atoms with van der Waals surface area (Å²) in [5.41, 5.74) is 4.06. The molecular formula is C24H20N2O. The number of aromatic nitrogens is 2. The average Bonchev–Trinajstić information content (AvgIpc) is 2.70. The zero-order chi connectivity index (χ0) is 18.6. The van der Waals surface area contributed by atoms with Crippen LogP contribution in [0.15, 0.2) is 83.7 Å². The SMILES string of the molecule is Cc1cccc(/C=C/c2nc3ccccc3c(=O)n2Cc2ccccc2)c1. The zero-order valence-electron chi connectivity index (χ0n) is 15.2. The van der Waals surface area contributed by atoms with E-state index in [1.165, 1.54) is 5.56 Å². The van der Waals surface area contributed by atoms with Gasteiger partial charge in [-0.3, -0.25) is 9.36 Å². The lowest BCUT2D eigenvalue weighted by atomic mass is 10.1. The second-order valence-electron chi connectivity index (χ2n) is 6.61. The predicted molar refractivity (Wildman–Crippen MR) is 112 cm³/mol. The Bertz CT molecular complexity index is 1170. The Labute approximate surface area is 158 Å². The highest BCUT2D eigenvalue weighted by Crippen LogP contribution is 2.13. The molecule has 1 aromatic heterocycles. The molecule has 0 bridgehead atoms. The molecule has 132 valence electrons. The summed E-state index contributed by atoms with van der Waals surface area (Å²) in [5, 5.41) is 0.640. The Balaban J connectivity index is 1.84. The molecule has 0 saturated heterocycles. The van der Waals surface area contributed by atoms with Crippen molar-refractivity contribution in [1.82, 2.24) is 9.55 Å². The van der Waals surface area contributed by atoms with Gasteiger partial charge in [-0.1, -0.05) is 78.4 Å². The van der Waals surface area contributed by atoms with Gasteiger partial charge < -0.3 is 0 Å². The third kappa shape index (κ3) is 3.72. The van der Waals surface area contributed by atoms with Crippen LogP contribution in [0, 0.1) is 6.92 Å². The van der Waals surface area contributed by atoms with Gasteiger partial charge in [-0.15, -0.1) is 0 Å². The van der Waals surface area contributed by atoms with E-state index in [0.717, 1.165) is 16.6 Å². The molecule has 0 radical (unpaired) electrons. The normalized spacial score (nSPS) is 11.3. The standard InChI is InChI=1S/C24H20N2O/c1-18-8-7-11-19(16-18)14-15-23-25-22-13-6-5-12-21(22)24(27)26(23)17-20-9-3-2-4-10-20/h2-16H,17H2,1H3/b15-14+. The van der Waals surface area contributed by atoms with E-state index in [1.807, 2.05) is 78.9 Å². The summed E-state index contributed by atoms with van der Waals surface area (Å²) in [6.45, 7) is 2.56. The fourth-order valence-electron chi connectivity index (χ4n) is 3.18. The molecule has 4 aromatic rings. The van der Waals surface area contributed by atoms with Crippen LogP contribution in [0.25, 0.3) is 23.1 Å². The molecule has 0 atom stereocenters. The quantitative estimate of drug-likeness (QED) is 0.522. The topological polar surface area (TPSA) is 34.9 Å². The number of para-hydroxylation sites is 1. The molecule has 27 heavy (non-hydrogen) atoms. The van der Waals surface area contributed by atoms with E-state index < -0.39 is 0 Å². The van der Waals surface area contributed by atoms with Crippen molar-refractivity contribution in [2.24, 2.45) is 0 Å². The number of hydrogen-bond acceptors (Lipinski definition) is 2. The molecule has 0 saturated carbocycles. The van der Waals surface area contributed by atoms with Crippen LogP contribution in [0.5, 0.6) is 0 Å². The number of hydrogen-bond donors (Lipinski definition) is 0. The van der Waals surface area contributed by atoms with Crippen molar-refractivity contribution in [2.75, 3.05) is 0 Å². The highest BCUT2D eigenvalue weighted by molar-refractivity contribution is 5.79. The Morgan fingerprint density at radius 3 is 2.48 bits per heavy atom.